The second kappa shape index (κ2) is 5.84. The second-order valence-electron chi connectivity index (χ2n) is 4.81. The van der Waals surface area contributed by atoms with Gasteiger partial charge >= 0.3 is 0 Å². The molecule has 2 heterocycles. The van der Waals surface area contributed by atoms with Crippen LogP contribution in [0.2, 0.25) is 0 Å². The standard InChI is InChI=1S/C16H18N4/c1-2-14(16-18-9-10-19-16)20-11-13-6-3-5-12-7-4-8-17-15(12)13/h3-10,14,20H,2,11H2,1H3,(H,18,19). The Balaban J connectivity index is 1.80. The van der Waals surface area contributed by atoms with E-state index in [9.17, 15) is 0 Å². The Kier molecular flexibility index (Phi) is 3.74. The normalized spacial score (nSPS) is 12.7. The molecular formula is C16H18N4. The Morgan fingerprint density at radius 2 is 2.05 bits per heavy atom. The molecule has 3 rings (SSSR count). The summed E-state index contributed by atoms with van der Waals surface area (Å²) < 4.78 is 0. The van der Waals surface area contributed by atoms with E-state index in [-0.39, 0.29) is 6.04 Å². The molecule has 0 aliphatic rings. The van der Waals surface area contributed by atoms with Crippen LogP contribution in [0.3, 0.4) is 0 Å². The highest BCUT2D eigenvalue weighted by molar-refractivity contribution is 5.81. The van der Waals surface area contributed by atoms with Crippen molar-refractivity contribution in [2.75, 3.05) is 0 Å². The number of nitrogens with one attached hydrogen (secondary N) is 2. The number of imidazole rings is 1. The summed E-state index contributed by atoms with van der Waals surface area (Å²) in [4.78, 5) is 12.0. The van der Waals surface area contributed by atoms with Crippen molar-refractivity contribution in [1.29, 1.82) is 0 Å². The van der Waals surface area contributed by atoms with Gasteiger partial charge in [-0.2, -0.15) is 0 Å². The van der Waals surface area contributed by atoms with Gasteiger partial charge in [0.2, 0.25) is 0 Å². The highest BCUT2D eigenvalue weighted by Crippen LogP contribution is 2.18. The van der Waals surface area contributed by atoms with Gasteiger partial charge in [-0.05, 0) is 18.1 Å². The molecule has 2 aromatic heterocycles. The minimum Gasteiger partial charge on any atom is -0.347 e. The second-order valence-corrected chi connectivity index (χ2v) is 4.81. The van der Waals surface area contributed by atoms with Crippen LogP contribution < -0.4 is 5.32 Å². The molecule has 0 saturated heterocycles. The highest BCUT2D eigenvalue weighted by Gasteiger charge is 2.11. The lowest BCUT2D eigenvalue weighted by Crippen LogP contribution is -2.21. The number of fused-ring (bicyclic) bond motifs is 1. The van der Waals surface area contributed by atoms with E-state index in [0.717, 1.165) is 24.3 Å². The topological polar surface area (TPSA) is 53.6 Å². The molecule has 102 valence electrons. The number of H-pyrrole nitrogens is 1. The van der Waals surface area contributed by atoms with Gasteiger partial charge in [-0.15, -0.1) is 0 Å². The van der Waals surface area contributed by atoms with E-state index >= 15 is 0 Å². The van der Waals surface area contributed by atoms with Crippen LogP contribution in [-0.2, 0) is 6.54 Å². The minimum atomic E-state index is 0.240. The molecule has 0 aliphatic heterocycles. The predicted octanol–water partition coefficient (Wildman–Crippen LogP) is 3.20. The molecule has 4 heteroatoms. The number of para-hydroxylation sites is 1. The summed E-state index contributed by atoms with van der Waals surface area (Å²) in [5.41, 5.74) is 2.28. The molecule has 1 unspecified atom stereocenters. The first-order chi connectivity index (χ1) is 9.88. The number of hydrogen-bond donors (Lipinski definition) is 2. The zero-order valence-electron chi connectivity index (χ0n) is 11.5. The third kappa shape index (κ3) is 2.56. The zero-order valence-corrected chi connectivity index (χ0v) is 11.5. The molecule has 0 radical (unpaired) electrons. The largest absolute Gasteiger partial charge is 0.347 e. The maximum Gasteiger partial charge on any atom is 0.123 e. The van der Waals surface area contributed by atoms with Crippen molar-refractivity contribution in [3.63, 3.8) is 0 Å². The summed E-state index contributed by atoms with van der Waals surface area (Å²) in [6.45, 7) is 2.94. The first kappa shape index (κ1) is 12.8. The molecule has 0 aliphatic carbocycles. The van der Waals surface area contributed by atoms with Gasteiger partial charge in [-0.25, -0.2) is 4.98 Å². The van der Waals surface area contributed by atoms with E-state index in [2.05, 4.69) is 51.5 Å². The van der Waals surface area contributed by atoms with E-state index in [1.54, 1.807) is 6.20 Å². The fourth-order valence-electron chi connectivity index (χ4n) is 2.45. The van der Waals surface area contributed by atoms with Crippen LogP contribution in [0.4, 0.5) is 0 Å². The zero-order chi connectivity index (χ0) is 13.8. The molecule has 4 nitrogen and oxygen atoms in total. The summed E-state index contributed by atoms with van der Waals surface area (Å²) in [6.07, 6.45) is 6.49. The van der Waals surface area contributed by atoms with Crippen LogP contribution >= 0.6 is 0 Å². The van der Waals surface area contributed by atoms with Gasteiger partial charge in [-0.1, -0.05) is 31.2 Å². The van der Waals surface area contributed by atoms with Crippen LogP contribution in [0.15, 0.2) is 48.9 Å². The van der Waals surface area contributed by atoms with E-state index in [4.69, 9.17) is 0 Å². The summed E-state index contributed by atoms with van der Waals surface area (Å²) in [7, 11) is 0. The van der Waals surface area contributed by atoms with Gasteiger partial charge in [0.1, 0.15) is 5.82 Å². The van der Waals surface area contributed by atoms with Gasteiger partial charge in [0.05, 0.1) is 11.6 Å². The number of pyridine rings is 1. The van der Waals surface area contributed by atoms with Gasteiger partial charge in [0.25, 0.3) is 0 Å². The van der Waals surface area contributed by atoms with E-state index < -0.39 is 0 Å². The summed E-state index contributed by atoms with van der Waals surface area (Å²) in [5, 5.41) is 4.73. The van der Waals surface area contributed by atoms with Crippen LogP contribution in [0.5, 0.6) is 0 Å². The number of rotatable bonds is 5. The summed E-state index contributed by atoms with van der Waals surface area (Å²) in [5.74, 6) is 0.987. The molecule has 3 aromatic rings. The number of nitrogens with zero attached hydrogens (tertiary/aromatic N) is 2. The van der Waals surface area contributed by atoms with E-state index in [1.807, 2.05) is 18.5 Å². The number of aromatic nitrogens is 3. The van der Waals surface area contributed by atoms with Crippen LogP contribution in [0, 0.1) is 0 Å². The Morgan fingerprint density at radius 3 is 2.85 bits per heavy atom. The lowest BCUT2D eigenvalue weighted by molar-refractivity contribution is 0.498. The van der Waals surface area contributed by atoms with Gasteiger partial charge in [0.15, 0.2) is 0 Å². The van der Waals surface area contributed by atoms with Crippen molar-refractivity contribution in [2.45, 2.75) is 25.9 Å². The quantitative estimate of drug-likeness (QED) is 0.745. The minimum absolute atomic E-state index is 0.240. The Morgan fingerprint density at radius 1 is 1.15 bits per heavy atom. The molecule has 2 N–H and O–H groups in total. The van der Waals surface area contributed by atoms with Crippen LogP contribution in [0.25, 0.3) is 10.9 Å². The SMILES string of the molecule is CCC(NCc1cccc2cccnc12)c1ncc[nH]1. The molecule has 1 atom stereocenters. The fourth-order valence-corrected chi connectivity index (χ4v) is 2.45. The number of aromatic amines is 1. The third-order valence-corrected chi connectivity index (χ3v) is 3.51. The van der Waals surface area contributed by atoms with E-state index in [1.165, 1.54) is 10.9 Å². The molecule has 0 spiro atoms. The van der Waals surface area contributed by atoms with Crippen LogP contribution in [-0.4, -0.2) is 15.0 Å². The molecule has 0 saturated carbocycles. The summed E-state index contributed by atoms with van der Waals surface area (Å²) >= 11 is 0. The fraction of sp³-hybridized carbons (Fsp3) is 0.250. The van der Waals surface area contributed by atoms with Crippen molar-refractivity contribution in [3.8, 4) is 0 Å². The predicted molar refractivity (Wildman–Crippen MR) is 80.2 cm³/mol. The lowest BCUT2D eigenvalue weighted by Gasteiger charge is -2.15. The van der Waals surface area contributed by atoms with Crippen molar-refractivity contribution in [2.24, 2.45) is 0 Å². The molecule has 20 heavy (non-hydrogen) atoms. The molecule has 0 amide bonds. The number of benzene rings is 1. The van der Waals surface area contributed by atoms with Crippen molar-refractivity contribution in [1.82, 2.24) is 20.3 Å². The van der Waals surface area contributed by atoms with Crippen molar-refractivity contribution >= 4 is 10.9 Å². The average molecular weight is 266 g/mol. The van der Waals surface area contributed by atoms with Gasteiger partial charge in [0, 0.05) is 30.5 Å². The summed E-state index contributed by atoms with van der Waals surface area (Å²) in [6, 6.07) is 10.6. The van der Waals surface area contributed by atoms with Gasteiger partial charge < -0.3 is 10.3 Å². The average Bonchev–Trinajstić information content (AvgIpc) is 3.02. The molecular weight excluding hydrogens is 248 g/mol. The lowest BCUT2D eigenvalue weighted by atomic mass is 10.1. The molecule has 1 aromatic carbocycles. The highest BCUT2D eigenvalue weighted by atomic mass is 15.0. The first-order valence-corrected chi connectivity index (χ1v) is 6.93. The third-order valence-electron chi connectivity index (χ3n) is 3.51. The Labute approximate surface area is 118 Å². The maximum absolute atomic E-state index is 4.48. The number of hydrogen-bond acceptors (Lipinski definition) is 3. The first-order valence-electron chi connectivity index (χ1n) is 6.93. The van der Waals surface area contributed by atoms with Gasteiger partial charge in [-0.3, -0.25) is 4.98 Å². The van der Waals surface area contributed by atoms with Crippen LogP contribution in [0.1, 0.15) is 30.8 Å². The smallest absolute Gasteiger partial charge is 0.123 e. The van der Waals surface area contributed by atoms with Crippen molar-refractivity contribution < 1.29 is 0 Å². The monoisotopic (exact) mass is 266 g/mol. The molecule has 0 bridgehead atoms. The maximum atomic E-state index is 4.48. The Bertz CT molecular complexity index is 671. The molecule has 0 fully saturated rings. The Hall–Kier alpha value is -2.20. The van der Waals surface area contributed by atoms with E-state index in [0.29, 0.717) is 0 Å². The van der Waals surface area contributed by atoms with Crippen molar-refractivity contribution in [3.05, 3.63) is 60.3 Å².